The van der Waals surface area contributed by atoms with Crippen LogP contribution in [0.25, 0.3) is 0 Å². The molecule has 7 nitrogen and oxygen atoms in total. The molecule has 0 N–H and O–H groups in total. The van der Waals surface area contributed by atoms with Crippen LogP contribution in [0.5, 0.6) is 0 Å². The number of nitro groups is 1. The van der Waals surface area contributed by atoms with Crippen molar-refractivity contribution >= 4 is 17.5 Å². The number of aromatic nitrogens is 2. The number of carbonyl (C=O) groups is 1. The maximum Gasteiger partial charge on any atom is 0.326 e. The summed E-state index contributed by atoms with van der Waals surface area (Å²) in [5, 5.41) is 12.2. The highest BCUT2D eigenvalue weighted by Gasteiger charge is 2.72. The molecule has 2 unspecified atom stereocenters. The van der Waals surface area contributed by atoms with Gasteiger partial charge in [0.05, 0.1) is 12.5 Å². The van der Waals surface area contributed by atoms with Gasteiger partial charge in [-0.05, 0) is 29.3 Å². The molecule has 1 amide bonds. The smallest absolute Gasteiger partial charge is 0.326 e. The summed E-state index contributed by atoms with van der Waals surface area (Å²) < 4.78 is 1.75. The van der Waals surface area contributed by atoms with E-state index in [0.717, 1.165) is 11.1 Å². The molecule has 29 heavy (non-hydrogen) atoms. The summed E-state index contributed by atoms with van der Waals surface area (Å²) in [6, 6.07) is 17.8. The van der Waals surface area contributed by atoms with Crippen LogP contribution in [-0.2, 0) is 11.3 Å². The first-order chi connectivity index (χ1) is 14.0. The quantitative estimate of drug-likeness (QED) is 0.368. The standard InChI is InChI=1S/C21H17ClN4O3/c22-18-10-9-15(13-23-18)14-25-11-5-4-8-19(25)24-20(27)21(26(28)29)12-17(21)16-6-2-1-3-7-16/h1-11,13,17H,12,14H2/b24-19+. The first-order valence-electron chi connectivity index (χ1n) is 9.05. The van der Waals surface area contributed by atoms with Gasteiger partial charge >= 0.3 is 11.4 Å². The van der Waals surface area contributed by atoms with Crippen LogP contribution in [0.15, 0.2) is 78.0 Å². The normalized spacial score (nSPS) is 21.0. The van der Waals surface area contributed by atoms with E-state index in [1.165, 1.54) is 0 Å². The van der Waals surface area contributed by atoms with Crippen LogP contribution in [-0.4, -0.2) is 25.9 Å². The van der Waals surface area contributed by atoms with Gasteiger partial charge in [0.15, 0.2) is 0 Å². The first-order valence-corrected chi connectivity index (χ1v) is 9.43. The number of pyridine rings is 2. The monoisotopic (exact) mass is 408 g/mol. The van der Waals surface area contributed by atoms with Crippen LogP contribution in [0.2, 0.25) is 5.15 Å². The molecule has 2 atom stereocenters. The molecule has 1 aliphatic rings. The lowest BCUT2D eigenvalue weighted by molar-refractivity contribution is -0.523. The lowest BCUT2D eigenvalue weighted by Gasteiger charge is -2.09. The molecule has 1 fully saturated rings. The van der Waals surface area contributed by atoms with Gasteiger partial charge < -0.3 is 4.57 Å². The van der Waals surface area contributed by atoms with Gasteiger partial charge in [0.2, 0.25) is 0 Å². The summed E-state index contributed by atoms with van der Waals surface area (Å²) in [6.45, 7) is 0.407. The Morgan fingerprint density at radius 2 is 1.97 bits per heavy atom. The lowest BCUT2D eigenvalue weighted by Crippen LogP contribution is -2.35. The average molecular weight is 409 g/mol. The zero-order valence-corrected chi connectivity index (χ0v) is 16.1. The number of benzene rings is 1. The van der Waals surface area contributed by atoms with E-state index in [0.29, 0.717) is 17.2 Å². The summed E-state index contributed by atoms with van der Waals surface area (Å²) in [5.74, 6) is -1.20. The third-order valence-electron chi connectivity index (χ3n) is 5.10. The van der Waals surface area contributed by atoms with Crippen LogP contribution in [0.4, 0.5) is 0 Å². The van der Waals surface area contributed by atoms with Crippen molar-refractivity contribution < 1.29 is 9.72 Å². The average Bonchev–Trinajstić information content (AvgIpc) is 3.49. The SMILES string of the molecule is O=C(/N=c1\ccccn1Cc1ccc(Cl)nc1)C1([N+](=O)[O-])CC1c1ccccc1. The van der Waals surface area contributed by atoms with Gasteiger partial charge in [-0.1, -0.05) is 54.1 Å². The summed E-state index contributed by atoms with van der Waals surface area (Å²) in [7, 11) is 0. The molecule has 2 heterocycles. The molecule has 4 rings (SSSR count). The molecular formula is C21H17ClN4O3. The van der Waals surface area contributed by atoms with Gasteiger partial charge in [-0.25, -0.2) is 4.98 Å². The summed E-state index contributed by atoms with van der Waals surface area (Å²) in [6.07, 6.45) is 3.56. The van der Waals surface area contributed by atoms with E-state index in [4.69, 9.17) is 11.6 Å². The Bertz CT molecular complexity index is 1130. The minimum absolute atomic E-state index is 0.153. The Morgan fingerprint density at radius 3 is 2.66 bits per heavy atom. The second-order valence-corrected chi connectivity index (χ2v) is 7.33. The topological polar surface area (TPSA) is 90.4 Å². The molecule has 1 aromatic carbocycles. The Labute approximate surface area is 171 Å². The van der Waals surface area contributed by atoms with Gasteiger partial charge in [0, 0.05) is 23.7 Å². The maximum absolute atomic E-state index is 12.9. The fraction of sp³-hybridized carbons (Fsp3) is 0.190. The summed E-state index contributed by atoms with van der Waals surface area (Å²) in [5.41, 5.74) is 0.303. The van der Waals surface area contributed by atoms with E-state index in [-0.39, 0.29) is 6.42 Å². The number of carbonyl (C=O) groups excluding carboxylic acids is 1. The zero-order chi connectivity index (χ0) is 20.4. The van der Waals surface area contributed by atoms with Gasteiger partial charge in [-0.2, -0.15) is 4.99 Å². The highest BCUT2D eigenvalue weighted by atomic mass is 35.5. The van der Waals surface area contributed by atoms with Crippen molar-refractivity contribution in [2.45, 2.75) is 24.4 Å². The van der Waals surface area contributed by atoms with E-state index in [1.807, 2.05) is 24.3 Å². The molecule has 0 spiro atoms. The third kappa shape index (κ3) is 3.69. The Balaban J connectivity index is 1.66. The van der Waals surface area contributed by atoms with Gasteiger partial charge in [0.25, 0.3) is 0 Å². The molecule has 2 aromatic heterocycles. The molecule has 8 heteroatoms. The number of rotatable bonds is 5. The first kappa shape index (κ1) is 19.0. The van der Waals surface area contributed by atoms with Crippen molar-refractivity contribution in [2.75, 3.05) is 0 Å². The van der Waals surface area contributed by atoms with Crippen molar-refractivity contribution in [3.63, 3.8) is 0 Å². The van der Waals surface area contributed by atoms with Crippen LogP contribution < -0.4 is 5.49 Å². The second-order valence-electron chi connectivity index (χ2n) is 6.94. The van der Waals surface area contributed by atoms with E-state index in [1.54, 1.807) is 53.4 Å². The largest absolute Gasteiger partial charge is 0.328 e. The van der Waals surface area contributed by atoms with E-state index in [9.17, 15) is 14.9 Å². The van der Waals surface area contributed by atoms with Crippen LogP contribution >= 0.6 is 11.6 Å². The molecule has 0 bridgehead atoms. The minimum Gasteiger partial charge on any atom is -0.328 e. The van der Waals surface area contributed by atoms with Gasteiger partial charge in [0.1, 0.15) is 10.6 Å². The minimum atomic E-state index is -1.70. The Morgan fingerprint density at radius 1 is 1.21 bits per heavy atom. The highest BCUT2D eigenvalue weighted by molar-refractivity contribution is 6.29. The maximum atomic E-state index is 12.9. The summed E-state index contributed by atoms with van der Waals surface area (Å²) >= 11 is 5.82. The molecule has 146 valence electrons. The molecule has 1 aliphatic carbocycles. The molecular weight excluding hydrogens is 392 g/mol. The summed E-state index contributed by atoms with van der Waals surface area (Å²) in [4.78, 5) is 32.4. The van der Waals surface area contributed by atoms with E-state index in [2.05, 4.69) is 9.98 Å². The molecule has 0 saturated heterocycles. The zero-order valence-electron chi connectivity index (χ0n) is 15.3. The molecule has 1 saturated carbocycles. The predicted octanol–water partition coefficient (Wildman–Crippen LogP) is 3.22. The fourth-order valence-corrected chi connectivity index (χ4v) is 3.56. The van der Waals surface area contributed by atoms with Crippen molar-refractivity contribution in [1.29, 1.82) is 0 Å². The third-order valence-corrected chi connectivity index (χ3v) is 5.33. The van der Waals surface area contributed by atoms with Crippen LogP contribution in [0, 0.1) is 10.1 Å². The lowest BCUT2D eigenvalue weighted by atomic mass is 10.1. The highest BCUT2D eigenvalue weighted by Crippen LogP contribution is 2.54. The number of halogens is 1. The van der Waals surface area contributed by atoms with Crippen LogP contribution in [0.3, 0.4) is 0 Å². The number of nitrogens with zero attached hydrogens (tertiary/aromatic N) is 4. The predicted molar refractivity (Wildman–Crippen MR) is 107 cm³/mol. The second kappa shape index (κ2) is 7.60. The number of hydrogen-bond acceptors (Lipinski definition) is 4. The molecule has 3 aromatic rings. The van der Waals surface area contributed by atoms with E-state index < -0.39 is 22.3 Å². The van der Waals surface area contributed by atoms with Gasteiger partial charge in [-0.3, -0.25) is 14.9 Å². The van der Waals surface area contributed by atoms with Crippen molar-refractivity contribution in [2.24, 2.45) is 4.99 Å². The van der Waals surface area contributed by atoms with Crippen LogP contribution in [0.1, 0.15) is 23.5 Å². The van der Waals surface area contributed by atoms with E-state index >= 15 is 0 Å². The molecule has 0 aliphatic heterocycles. The number of amides is 1. The molecule has 0 radical (unpaired) electrons. The Kier molecular flexibility index (Phi) is 4.98. The fourth-order valence-electron chi connectivity index (χ4n) is 3.45. The van der Waals surface area contributed by atoms with Crippen molar-refractivity contribution in [1.82, 2.24) is 9.55 Å². The van der Waals surface area contributed by atoms with Crippen molar-refractivity contribution in [3.8, 4) is 0 Å². The number of hydrogen-bond donors (Lipinski definition) is 0. The van der Waals surface area contributed by atoms with Gasteiger partial charge in [-0.15, -0.1) is 0 Å². The Hall–Kier alpha value is -3.32. The van der Waals surface area contributed by atoms with Crippen molar-refractivity contribution in [3.05, 3.63) is 105 Å².